The maximum Gasteiger partial charge on any atom is 0.258 e. The Bertz CT molecular complexity index is 559. The van der Waals surface area contributed by atoms with Crippen LogP contribution in [0.4, 0.5) is 0 Å². The average Bonchev–Trinajstić information content (AvgIpc) is 2.16. The molecular weight excluding hydrogens is 184 g/mol. The third-order valence-electron chi connectivity index (χ3n) is 1.84. The average molecular weight is 189 g/mol. The van der Waals surface area contributed by atoms with E-state index in [0.717, 1.165) is 0 Å². The molecule has 0 unspecified atom stereocenters. The summed E-state index contributed by atoms with van der Waals surface area (Å²) in [5, 5.41) is 11.1. The summed E-state index contributed by atoms with van der Waals surface area (Å²) in [6.45, 7) is 0. The molecule has 0 bridgehead atoms. The fourth-order valence-corrected chi connectivity index (χ4v) is 1.19. The monoisotopic (exact) mass is 189 g/mol. The number of aromatic nitrogens is 2. The standard InChI is InChI=1S/C9H6N2O3/c12-8-6(9(13)14)4-5-2-1-3-10-7(5)11-8/h1-4H,(H,13,14)(H,10,11,12)/p-1. The lowest BCUT2D eigenvalue weighted by atomic mass is 10.2. The maximum atomic E-state index is 11.2. The number of hydrogen-bond acceptors (Lipinski definition) is 4. The van der Waals surface area contributed by atoms with Crippen molar-refractivity contribution in [3.05, 3.63) is 40.3 Å². The molecule has 0 aliphatic heterocycles. The van der Waals surface area contributed by atoms with Gasteiger partial charge in [0.2, 0.25) is 0 Å². The van der Waals surface area contributed by atoms with Crippen LogP contribution in [0.2, 0.25) is 0 Å². The minimum atomic E-state index is -1.49. The van der Waals surface area contributed by atoms with Crippen LogP contribution in [-0.4, -0.2) is 15.9 Å². The molecule has 0 amide bonds. The van der Waals surface area contributed by atoms with E-state index in [9.17, 15) is 14.7 Å². The van der Waals surface area contributed by atoms with E-state index in [1.165, 1.54) is 12.3 Å². The Hall–Kier alpha value is -2.17. The summed E-state index contributed by atoms with van der Waals surface area (Å²) in [4.78, 5) is 27.9. The molecule has 0 saturated heterocycles. The second-order valence-electron chi connectivity index (χ2n) is 2.74. The highest BCUT2D eigenvalue weighted by Crippen LogP contribution is 2.06. The molecule has 1 N–H and O–H groups in total. The van der Waals surface area contributed by atoms with Crippen molar-refractivity contribution in [1.82, 2.24) is 9.97 Å². The van der Waals surface area contributed by atoms with Crippen molar-refractivity contribution in [1.29, 1.82) is 0 Å². The first-order valence-corrected chi connectivity index (χ1v) is 3.88. The summed E-state index contributed by atoms with van der Waals surface area (Å²) in [6.07, 6.45) is 1.51. The zero-order valence-electron chi connectivity index (χ0n) is 6.98. The number of nitrogens with zero attached hydrogens (tertiary/aromatic N) is 1. The number of carbonyl (C=O) groups excluding carboxylic acids is 1. The van der Waals surface area contributed by atoms with E-state index in [1.807, 2.05) is 0 Å². The zero-order valence-corrected chi connectivity index (χ0v) is 6.98. The summed E-state index contributed by atoms with van der Waals surface area (Å²) < 4.78 is 0. The van der Waals surface area contributed by atoms with E-state index in [1.54, 1.807) is 12.1 Å². The second-order valence-corrected chi connectivity index (χ2v) is 2.74. The number of pyridine rings is 2. The van der Waals surface area contributed by atoms with Crippen LogP contribution in [0.25, 0.3) is 11.0 Å². The summed E-state index contributed by atoms with van der Waals surface area (Å²) in [7, 11) is 0. The fourth-order valence-electron chi connectivity index (χ4n) is 1.19. The highest BCUT2D eigenvalue weighted by atomic mass is 16.4. The Balaban J connectivity index is 2.84. The van der Waals surface area contributed by atoms with Gasteiger partial charge in [-0.15, -0.1) is 0 Å². The van der Waals surface area contributed by atoms with Gasteiger partial charge in [0.1, 0.15) is 5.65 Å². The lowest BCUT2D eigenvalue weighted by Crippen LogP contribution is -2.29. The van der Waals surface area contributed by atoms with Crippen molar-refractivity contribution in [2.45, 2.75) is 0 Å². The highest BCUT2D eigenvalue weighted by molar-refractivity contribution is 5.90. The first kappa shape index (κ1) is 8.43. The van der Waals surface area contributed by atoms with E-state index < -0.39 is 11.5 Å². The molecular formula is C9H5N2O3-. The van der Waals surface area contributed by atoms with Crippen molar-refractivity contribution < 1.29 is 9.90 Å². The van der Waals surface area contributed by atoms with Crippen molar-refractivity contribution in [2.75, 3.05) is 0 Å². The van der Waals surface area contributed by atoms with Crippen molar-refractivity contribution in [2.24, 2.45) is 0 Å². The maximum absolute atomic E-state index is 11.2. The molecule has 2 heterocycles. The van der Waals surface area contributed by atoms with Gasteiger partial charge in [-0.2, -0.15) is 0 Å². The molecule has 0 aliphatic carbocycles. The Labute approximate surface area is 78.0 Å². The van der Waals surface area contributed by atoms with E-state index in [0.29, 0.717) is 11.0 Å². The summed E-state index contributed by atoms with van der Waals surface area (Å²) >= 11 is 0. The van der Waals surface area contributed by atoms with Gasteiger partial charge >= 0.3 is 0 Å². The van der Waals surface area contributed by atoms with Gasteiger partial charge in [-0.25, -0.2) is 4.98 Å². The van der Waals surface area contributed by atoms with Crippen LogP contribution in [0.5, 0.6) is 0 Å². The van der Waals surface area contributed by atoms with E-state index in [4.69, 9.17) is 0 Å². The molecule has 5 nitrogen and oxygen atoms in total. The molecule has 0 fully saturated rings. The number of rotatable bonds is 1. The normalized spacial score (nSPS) is 10.3. The number of carbonyl (C=O) groups is 1. The SMILES string of the molecule is O=C([O-])c1cc2cccnc2[nH]c1=O. The molecule has 5 heteroatoms. The molecule has 0 atom stereocenters. The number of aromatic carboxylic acids is 1. The minimum absolute atomic E-state index is 0.363. The second kappa shape index (κ2) is 2.95. The molecule has 0 aliphatic rings. The number of hydrogen-bond donors (Lipinski definition) is 1. The van der Waals surface area contributed by atoms with Crippen LogP contribution < -0.4 is 10.7 Å². The number of nitrogens with one attached hydrogen (secondary N) is 1. The molecule has 70 valence electrons. The van der Waals surface area contributed by atoms with Crippen LogP contribution in [0.3, 0.4) is 0 Å². The lowest BCUT2D eigenvalue weighted by Gasteiger charge is -2.02. The van der Waals surface area contributed by atoms with Gasteiger partial charge in [0.05, 0.1) is 11.5 Å². The minimum Gasteiger partial charge on any atom is -0.545 e. The van der Waals surface area contributed by atoms with E-state index >= 15 is 0 Å². The van der Waals surface area contributed by atoms with Gasteiger partial charge in [-0.3, -0.25) is 4.79 Å². The third-order valence-corrected chi connectivity index (χ3v) is 1.84. The number of carboxylic acids is 1. The molecule has 14 heavy (non-hydrogen) atoms. The van der Waals surface area contributed by atoms with Gasteiger partial charge < -0.3 is 14.9 Å². The van der Waals surface area contributed by atoms with E-state index in [2.05, 4.69) is 9.97 Å². The highest BCUT2D eigenvalue weighted by Gasteiger charge is 2.02. The Morgan fingerprint density at radius 2 is 2.29 bits per heavy atom. The van der Waals surface area contributed by atoms with Crippen molar-refractivity contribution in [3.63, 3.8) is 0 Å². The lowest BCUT2D eigenvalue weighted by molar-refractivity contribution is -0.255. The van der Waals surface area contributed by atoms with Gasteiger partial charge in [0, 0.05) is 11.6 Å². The zero-order chi connectivity index (χ0) is 10.1. The quantitative estimate of drug-likeness (QED) is 0.641. The van der Waals surface area contributed by atoms with Gasteiger partial charge in [-0.05, 0) is 18.2 Å². The number of aromatic amines is 1. The summed E-state index contributed by atoms with van der Waals surface area (Å²) in [5.74, 6) is -1.49. The van der Waals surface area contributed by atoms with Crippen LogP contribution in [-0.2, 0) is 0 Å². The van der Waals surface area contributed by atoms with Crippen LogP contribution in [0.1, 0.15) is 10.4 Å². The molecule has 0 radical (unpaired) electrons. The fraction of sp³-hybridized carbons (Fsp3) is 0. The Morgan fingerprint density at radius 3 is 3.00 bits per heavy atom. The molecule has 0 spiro atoms. The van der Waals surface area contributed by atoms with Gasteiger partial charge in [-0.1, -0.05) is 0 Å². The molecule has 2 aromatic rings. The van der Waals surface area contributed by atoms with Crippen LogP contribution in [0.15, 0.2) is 29.2 Å². The molecule has 0 saturated carbocycles. The molecule has 2 rings (SSSR count). The smallest absolute Gasteiger partial charge is 0.258 e. The first-order valence-electron chi connectivity index (χ1n) is 3.88. The predicted octanol–water partition coefficient (Wildman–Crippen LogP) is -0.713. The Kier molecular flexibility index (Phi) is 1.78. The van der Waals surface area contributed by atoms with Crippen LogP contribution >= 0.6 is 0 Å². The summed E-state index contributed by atoms with van der Waals surface area (Å²) in [5.41, 5.74) is -0.718. The molecule has 0 aromatic carbocycles. The van der Waals surface area contributed by atoms with Crippen molar-refractivity contribution >= 4 is 17.0 Å². The summed E-state index contributed by atoms with van der Waals surface area (Å²) in [6, 6.07) is 4.56. The number of H-pyrrole nitrogens is 1. The van der Waals surface area contributed by atoms with Gasteiger partial charge in [0.15, 0.2) is 0 Å². The van der Waals surface area contributed by atoms with Crippen LogP contribution in [0, 0.1) is 0 Å². The topological polar surface area (TPSA) is 85.9 Å². The Morgan fingerprint density at radius 1 is 1.50 bits per heavy atom. The third kappa shape index (κ3) is 1.24. The number of fused-ring (bicyclic) bond motifs is 1. The van der Waals surface area contributed by atoms with Crippen molar-refractivity contribution in [3.8, 4) is 0 Å². The number of carboxylic acid groups (broad SMARTS) is 1. The predicted molar refractivity (Wildman–Crippen MR) is 46.7 cm³/mol. The first-order chi connectivity index (χ1) is 6.68. The largest absolute Gasteiger partial charge is 0.545 e. The van der Waals surface area contributed by atoms with E-state index in [-0.39, 0.29) is 5.56 Å². The molecule has 2 aromatic heterocycles. The van der Waals surface area contributed by atoms with Gasteiger partial charge in [0.25, 0.3) is 5.56 Å².